The highest BCUT2D eigenvalue weighted by molar-refractivity contribution is 5.94. The topological polar surface area (TPSA) is 51.6 Å². The molecule has 3 aromatic rings. The first kappa shape index (κ1) is 11.5. The molecule has 0 amide bonds. The Morgan fingerprint density at radius 1 is 0.842 bits per heavy atom. The summed E-state index contributed by atoms with van der Waals surface area (Å²) in [5.74, 6) is 0. The van der Waals surface area contributed by atoms with E-state index in [9.17, 15) is 0 Å². The van der Waals surface area contributed by atoms with Crippen LogP contribution in [0.4, 0.5) is 0 Å². The van der Waals surface area contributed by atoms with Crippen LogP contribution in [0.1, 0.15) is 11.1 Å². The first-order valence-electron chi connectivity index (χ1n) is 6.07. The van der Waals surface area contributed by atoms with E-state index in [0.717, 1.165) is 6.42 Å². The standard InChI is InChI=1S/C13H10.C2H2N4/c1-4-10-6-2-8-12-9-3-7-11(5-1)13(10)12;1-2-4-6-5-3-1/h1-8H,9H2;1-2H. The molecule has 1 aliphatic carbocycles. The lowest BCUT2D eigenvalue weighted by Crippen LogP contribution is -1.91. The Morgan fingerprint density at radius 3 is 2.26 bits per heavy atom. The highest BCUT2D eigenvalue weighted by Crippen LogP contribution is 2.27. The minimum Gasteiger partial charge on any atom is -0.136 e. The fraction of sp³-hybridized carbons (Fsp3) is 0.0667. The average molecular weight is 248 g/mol. The van der Waals surface area contributed by atoms with Crippen molar-refractivity contribution in [2.45, 2.75) is 6.42 Å². The highest BCUT2D eigenvalue weighted by Gasteiger charge is 2.06. The summed E-state index contributed by atoms with van der Waals surface area (Å²) in [4.78, 5) is 0. The van der Waals surface area contributed by atoms with Gasteiger partial charge in [0.1, 0.15) is 0 Å². The molecule has 0 unspecified atom stereocenters. The van der Waals surface area contributed by atoms with Gasteiger partial charge in [-0.2, -0.15) is 0 Å². The molecule has 4 rings (SSSR count). The van der Waals surface area contributed by atoms with Gasteiger partial charge in [0.05, 0.1) is 12.4 Å². The number of nitrogens with zero attached hydrogens (tertiary/aromatic N) is 4. The third-order valence-corrected chi connectivity index (χ3v) is 3.00. The van der Waals surface area contributed by atoms with E-state index in [1.807, 2.05) is 0 Å². The maximum atomic E-state index is 3.36. The molecule has 0 atom stereocenters. The maximum Gasteiger partial charge on any atom is 0.0716 e. The summed E-state index contributed by atoms with van der Waals surface area (Å²) in [6, 6.07) is 13.0. The van der Waals surface area contributed by atoms with Crippen LogP contribution in [0, 0.1) is 0 Å². The van der Waals surface area contributed by atoms with Gasteiger partial charge in [0.2, 0.25) is 0 Å². The summed E-state index contributed by atoms with van der Waals surface area (Å²) in [6.07, 6.45) is 8.46. The zero-order valence-corrected chi connectivity index (χ0v) is 10.3. The average Bonchev–Trinajstić information content (AvgIpc) is 2.51. The molecule has 0 N–H and O–H groups in total. The van der Waals surface area contributed by atoms with Gasteiger partial charge in [-0.1, -0.05) is 48.6 Å². The van der Waals surface area contributed by atoms with Crippen LogP contribution in [-0.2, 0) is 6.42 Å². The van der Waals surface area contributed by atoms with Crippen molar-refractivity contribution in [1.29, 1.82) is 0 Å². The van der Waals surface area contributed by atoms with Crippen molar-refractivity contribution >= 4 is 16.8 Å². The van der Waals surface area contributed by atoms with Crippen LogP contribution < -0.4 is 0 Å². The molecule has 0 saturated carbocycles. The number of aromatic nitrogens is 4. The zero-order chi connectivity index (χ0) is 12.9. The lowest BCUT2D eigenvalue weighted by Gasteiger charge is -2.11. The first-order valence-corrected chi connectivity index (χ1v) is 6.07. The highest BCUT2D eigenvalue weighted by atomic mass is 15.4. The maximum absolute atomic E-state index is 3.36. The molecule has 1 heterocycles. The SMILES string of the molecule is C1=Cc2cccc3cccc(c23)C1.c1cnnnn1. The molecule has 0 aliphatic heterocycles. The van der Waals surface area contributed by atoms with E-state index >= 15 is 0 Å². The molecule has 0 fully saturated rings. The Hall–Kier alpha value is -2.62. The largest absolute Gasteiger partial charge is 0.136 e. The van der Waals surface area contributed by atoms with Gasteiger partial charge in [-0.25, -0.2) is 0 Å². The zero-order valence-electron chi connectivity index (χ0n) is 10.3. The van der Waals surface area contributed by atoms with Crippen LogP contribution in [0.5, 0.6) is 0 Å². The van der Waals surface area contributed by atoms with E-state index in [2.05, 4.69) is 69.2 Å². The molecule has 0 bridgehead atoms. The van der Waals surface area contributed by atoms with Gasteiger partial charge in [0, 0.05) is 0 Å². The van der Waals surface area contributed by atoms with Crippen LogP contribution in [-0.4, -0.2) is 20.6 Å². The minimum atomic E-state index is 1.08. The van der Waals surface area contributed by atoms with Crippen molar-refractivity contribution in [2.75, 3.05) is 0 Å². The second-order valence-corrected chi connectivity index (χ2v) is 4.18. The number of rotatable bonds is 0. The van der Waals surface area contributed by atoms with Crippen LogP contribution in [0.25, 0.3) is 16.8 Å². The molecule has 4 heteroatoms. The van der Waals surface area contributed by atoms with E-state index < -0.39 is 0 Å². The number of benzene rings is 2. The summed E-state index contributed by atoms with van der Waals surface area (Å²) in [5.41, 5.74) is 2.81. The Balaban J connectivity index is 0.000000155. The summed E-state index contributed by atoms with van der Waals surface area (Å²) in [6.45, 7) is 0. The number of allylic oxidation sites excluding steroid dienone is 1. The van der Waals surface area contributed by atoms with Crippen molar-refractivity contribution < 1.29 is 0 Å². The van der Waals surface area contributed by atoms with E-state index in [-0.39, 0.29) is 0 Å². The van der Waals surface area contributed by atoms with E-state index in [0.29, 0.717) is 0 Å². The second-order valence-electron chi connectivity index (χ2n) is 4.18. The lowest BCUT2D eigenvalue weighted by molar-refractivity contribution is 0.761. The Kier molecular flexibility index (Phi) is 3.23. The molecule has 19 heavy (non-hydrogen) atoms. The quantitative estimate of drug-likeness (QED) is 0.613. The summed E-state index contributed by atoms with van der Waals surface area (Å²) < 4.78 is 0. The van der Waals surface area contributed by atoms with Gasteiger partial charge in [0.15, 0.2) is 0 Å². The Bertz CT molecular complexity index is 676. The molecular weight excluding hydrogens is 236 g/mol. The van der Waals surface area contributed by atoms with Crippen molar-refractivity contribution in [3.05, 3.63) is 66.0 Å². The van der Waals surface area contributed by atoms with Crippen LogP contribution in [0.3, 0.4) is 0 Å². The number of hydrogen-bond acceptors (Lipinski definition) is 4. The van der Waals surface area contributed by atoms with Gasteiger partial charge in [-0.05, 0) is 38.7 Å². The molecule has 1 aliphatic rings. The predicted octanol–water partition coefficient (Wildman–Crippen LogP) is 2.68. The third kappa shape index (κ3) is 2.47. The second kappa shape index (κ2) is 5.35. The Morgan fingerprint density at radius 2 is 1.58 bits per heavy atom. The number of hydrogen-bond donors (Lipinski definition) is 0. The Labute approximate surface area is 110 Å². The monoisotopic (exact) mass is 248 g/mol. The smallest absolute Gasteiger partial charge is 0.0716 e. The van der Waals surface area contributed by atoms with Crippen LogP contribution in [0.2, 0.25) is 0 Å². The van der Waals surface area contributed by atoms with Crippen molar-refractivity contribution in [2.24, 2.45) is 0 Å². The molecular formula is C15H12N4. The predicted molar refractivity (Wildman–Crippen MR) is 74.3 cm³/mol. The van der Waals surface area contributed by atoms with Crippen molar-refractivity contribution in [3.8, 4) is 0 Å². The van der Waals surface area contributed by atoms with E-state index in [4.69, 9.17) is 0 Å². The normalized spacial score (nSPS) is 11.8. The summed E-state index contributed by atoms with van der Waals surface area (Å²) >= 11 is 0. The molecule has 0 spiro atoms. The van der Waals surface area contributed by atoms with Crippen molar-refractivity contribution in [1.82, 2.24) is 20.6 Å². The van der Waals surface area contributed by atoms with Gasteiger partial charge in [-0.15, -0.1) is 10.2 Å². The fourth-order valence-electron chi connectivity index (χ4n) is 2.24. The van der Waals surface area contributed by atoms with Gasteiger partial charge >= 0.3 is 0 Å². The molecule has 2 aromatic carbocycles. The first-order chi connectivity index (χ1) is 9.45. The fourth-order valence-corrected chi connectivity index (χ4v) is 2.24. The third-order valence-electron chi connectivity index (χ3n) is 3.00. The summed E-state index contributed by atoms with van der Waals surface area (Å²) in [5, 5.41) is 15.9. The molecule has 0 radical (unpaired) electrons. The van der Waals surface area contributed by atoms with E-state index in [1.165, 1.54) is 34.3 Å². The minimum absolute atomic E-state index is 1.08. The van der Waals surface area contributed by atoms with Crippen LogP contribution in [0.15, 0.2) is 54.9 Å². The molecule has 92 valence electrons. The summed E-state index contributed by atoms with van der Waals surface area (Å²) in [7, 11) is 0. The van der Waals surface area contributed by atoms with Gasteiger partial charge < -0.3 is 0 Å². The van der Waals surface area contributed by atoms with Crippen molar-refractivity contribution in [3.63, 3.8) is 0 Å². The molecule has 4 nitrogen and oxygen atoms in total. The van der Waals surface area contributed by atoms with Crippen LogP contribution >= 0.6 is 0 Å². The lowest BCUT2D eigenvalue weighted by atomic mass is 9.93. The van der Waals surface area contributed by atoms with Gasteiger partial charge in [0.25, 0.3) is 0 Å². The molecule has 1 aromatic heterocycles. The molecule has 0 saturated heterocycles. The van der Waals surface area contributed by atoms with Gasteiger partial charge in [-0.3, -0.25) is 0 Å². The van der Waals surface area contributed by atoms with E-state index in [1.54, 1.807) is 0 Å².